The molecule has 23 heavy (non-hydrogen) atoms. The van der Waals surface area contributed by atoms with E-state index in [-0.39, 0.29) is 12.2 Å². The number of aromatic nitrogens is 6. The lowest BCUT2D eigenvalue weighted by Gasteiger charge is -2.33. The fourth-order valence-electron chi connectivity index (χ4n) is 3.02. The van der Waals surface area contributed by atoms with Gasteiger partial charge in [0.05, 0.1) is 0 Å². The van der Waals surface area contributed by atoms with E-state index in [1.807, 2.05) is 10.8 Å². The van der Waals surface area contributed by atoms with Crippen molar-refractivity contribution in [2.75, 3.05) is 11.5 Å². The van der Waals surface area contributed by atoms with Gasteiger partial charge in [0.1, 0.15) is 5.69 Å². The quantitative estimate of drug-likeness (QED) is 0.565. The lowest BCUT2D eigenvalue weighted by atomic mass is 9.91. The first-order valence-electron chi connectivity index (χ1n) is 7.64. The number of hydrogen-bond acceptors (Lipinski definition) is 6. The number of nitrogens with zero attached hydrogens (tertiary/aromatic N) is 5. The number of tetrazole rings is 1. The summed E-state index contributed by atoms with van der Waals surface area (Å²) >= 11 is 0. The average molecular weight is 340 g/mol. The molecule has 0 aromatic carbocycles. The van der Waals surface area contributed by atoms with E-state index in [1.165, 1.54) is 0 Å². The minimum Gasteiger partial charge on any atom is -0.353 e. The molecule has 3 heterocycles. The monoisotopic (exact) mass is 340 g/mol. The highest BCUT2D eigenvalue weighted by atomic mass is 31.2. The average Bonchev–Trinajstić information content (AvgIpc) is 3.13. The predicted octanol–water partition coefficient (Wildman–Crippen LogP) is 0.808. The maximum absolute atomic E-state index is 11.2. The highest BCUT2D eigenvalue weighted by molar-refractivity contribution is 7.55. The van der Waals surface area contributed by atoms with E-state index in [9.17, 15) is 9.46 Å². The first-order chi connectivity index (χ1) is 11.0. The van der Waals surface area contributed by atoms with Crippen LogP contribution in [0.5, 0.6) is 0 Å². The number of nitrogens with two attached hydrogens (primary N) is 1. The summed E-state index contributed by atoms with van der Waals surface area (Å²) < 4.78 is 13.3. The van der Waals surface area contributed by atoms with E-state index in [4.69, 9.17) is 5.50 Å². The molecule has 3 unspecified atom stereocenters. The Kier molecular flexibility index (Phi) is 4.47. The second-order valence-corrected chi connectivity index (χ2v) is 7.84. The van der Waals surface area contributed by atoms with Crippen molar-refractivity contribution < 1.29 is 9.46 Å². The van der Waals surface area contributed by atoms with Gasteiger partial charge >= 0.3 is 0 Å². The third-order valence-corrected chi connectivity index (χ3v) is 5.12. The van der Waals surface area contributed by atoms with Gasteiger partial charge in [-0.3, -0.25) is 10.1 Å². The SMILES string of the molecule is CCC1Nc2nc(-c3nn[nH]n3)cn2CC1CCCP(N)(=O)O. The molecule has 10 nitrogen and oxygen atoms in total. The van der Waals surface area contributed by atoms with Gasteiger partial charge in [0, 0.05) is 24.9 Å². The third kappa shape index (κ3) is 3.77. The van der Waals surface area contributed by atoms with Crippen molar-refractivity contribution in [2.24, 2.45) is 11.4 Å². The van der Waals surface area contributed by atoms with Crippen LogP contribution >= 0.6 is 7.52 Å². The molecule has 0 amide bonds. The molecule has 0 radical (unpaired) electrons. The number of anilines is 1. The Balaban J connectivity index is 1.71. The zero-order valence-corrected chi connectivity index (χ0v) is 13.8. The highest BCUT2D eigenvalue weighted by Gasteiger charge is 2.29. The zero-order chi connectivity index (χ0) is 16.4. The fraction of sp³-hybridized carbons (Fsp3) is 0.667. The molecular weight excluding hydrogens is 319 g/mol. The van der Waals surface area contributed by atoms with Crippen LogP contribution in [0.15, 0.2) is 6.20 Å². The number of imidazole rings is 1. The predicted molar refractivity (Wildman–Crippen MR) is 84.7 cm³/mol. The molecule has 2 aromatic heterocycles. The van der Waals surface area contributed by atoms with Gasteiger partial charge in [-0.25, -0.2) is 4.98 Å². The maximum Gasteiger partial charge on any atom is 0.264 e. The van der Waals surface area contributed by atoms with Gasteiger partial charge in [0.25, 0.3) is 7.52 Å². The Morgan fingerprint density at radius 2 is 2.39 bits per heavy atom. The van der Waals surface area contributed by atoms with Crippen LogP contribution < -0.4 is 10.8 Å². The number of rotatable bonds is 6. The normalized spacial score (nSPS) is 23.1. The van der Waals surface area contributed by atoms with Crippen LogP contribution in [0.25, 0.3) is 11.5 Å². The van der Waals surface area contributed by atoms with Crippen molar-refractivity contribution in [3.63, 3.8) is 0 Å². The summed E-state index contributed by atoms with van der Waals surface area (Å²) in [5.74, 6) is 1.61. The summed E-state index contributed by atoms with van der Waals surface area (Å²) in [6.07, 6.45) is 4.47. The summed E-state index contributed by atoms with van der Waals surface area (Å²) in [6.45, 7) is 2.91. The highest BCUT2D eigenvalue weighted by Crippen LogP contribution is 2.34. The summed E-state index contributed by atoms with van der Waals surface area (Å²) in [4.78, 5) is 13.7. The van der Waals surface area contributed by atoms with Crippen molar-refractivity contribution in [1.82, 2.24) is 30.2 Å². The smallest absolute Gasteiger partial charge is 0.264 e. The number of fused-ring (bicyclic) bond motifs is 1. The van der Waals surface area contributed by atoms with Crippen LogP contribution in [-0.4, -0.2) is 47.3 Å². The lowest BCUT2D eigenvalue weighted by molar-refractivity contribution is 0.328. The molecular formula is C12H21N8O2P. The van der Waals surface area contributed by atoms with Crippen LogP contribution in [0, 0.1) is 5.92 Å². The number of nitrogens with one attached hydrogen (secondary N) is 2. The van der Waals surface area contributed by atoms with Gasteiger partial charge < -0.3 is 14.8 Å². The van der Waals surface area contributed by atoms with Crippen molar-refractivity contribution in [1.29, 1.82) is 0 Å². The summed E-state index contributed by atoms with van der Waals surface area (Å²) in [5, 5.41) is 17.3. The van der Waals surface area contributed by atoms with Crippen molar-refractivity contribution >= 4 is 13.5 Å². The van der Waals surface area contributed by atoms with Crippen LogP contribution in [0.1, 0.15) is 26.2 Å². The first-order valence-corrected chi connectivity index (χ1v) is 9.55. The third-order valence-electron chi connectivity index (χ3n) is 4.16. The Morgan fingerprint density at radius 3 is 3.04 bits per heavy atom. The topological polar surface area (TPSA) is 148 Å². The fourth-order valence-corrected chi connectivity index (χ4v) is 3.66. The van der Waals surface area contributed by atoms with Crippen LogP contribution in [0.4, 0.5) is 5.95 Å². The molecule has 0 saturated heterocycles. The minimum atomic E-state index is -3.42. The molecule has 0 saturated carbocycles. The van der Waals surface area contributed by atoms with Gasteiger partial charge in [0.15, 0.2) is 0 Å². The second kappa shape index (κ2) is 6.38. The molecule has 0 spiro atoms. The van der Waals surface area contributed by atoms with Crippen molar-refractivity contribution in [3.8, 4) is 11.5 Å². The molecule has 3 atom stereocenters. The molecule has 11 heteroatoms. The summed E-state index contributed by atoms with van der Waals surface area (Å²) in [7, 11) is -3.42. The zero-order valence-electron chi connectivity index (χ0n) is 12.9. The molecule has 1 aliphatic heterocycles. The molecule has 1 aliphatic rings. The van der Waals surface area contributed by atoms with E-state index in [2.05, 4.69) is 37.8 Å². The molecule has 126 valence electrons. The number of H-pyrrole nitrogens is 1. The minimum absolute atomic E-state index is 0.158. The van der Waals surface area contributed by atoms with Crippen molar-refractivity contribution in [2.45, 2.75) is 38.8 Å². The molecule has 2 aromatic rings. The number of aromatic amines is 1. The van der Waals surface area contributed by atoms with Crippen LogP contribution in [0.3, 0.4) is 0 Å². The molecule has 0 aliphatic carbocycles. The van der Waals surface area contributed by atoms with Gasteiger partial charge in [-0.15, -0.1) is 10.2 Å². The second-order valence-electron chi connectivity index (χ2n) is 5.88. The van der Waals surface area contributed by atoms with Crippen molar-refractivity contribution in [3.05, 3.63) is 6.20 Å². The molecule has 5 N–H and O–H groups in total. The van der Waals surface area contributed by atoms with E-state index < -0.39 is 7.52 Å². The Bertz CT molecular complexity index is 694. The standard InChI is InChI=1S/C12H21N8O2P/c1-2-9-8(4-3-5-23(13,21)22)6-20-7-10(15-12(20)14-9)11-16-18-19-17-11/h7-9H,2-6H2,1H3,(H,14,15)(H3,13,21,22)(H,16,17,18,19). The summed E-state index contributed by atoms with van der Waals surface area (Å²) in [5.41, 5.74) is 5.88. The van der Waals surface area contributed by atoms with Crippen LogP contribution in [0.2, 0.25) is 0 Å². The Morgan fingerprint density at radius 1 is 1.57 bits per heavy atom. The van der Waals surface area contributed by atoms with E-state index in [0.29, 0.717) is 23.9 Å². The van der Waals surface area contributed by atoms with E-state index >= 15 is 0 Å². The summed E-state index contributed by atoms with van der Waals surface area (Å²) in [6, 6.07) is 0.277. The van der Waals surface area contributed by atoms with Gasteiger partial charge in [-0.1, -0.05) is 6.92 Å². The van der Waals surface area contributed by atoms with Gasteiger partial charge in [-0.05, 0) is 30.4 Å². The van der Waals surface area contributed by atoms with Crippen LogP contribution in [-0.2, 0) is 11.1 Å². The molecule has 0 fully saturated rings. The molecule has 0 bridgehead atoms. The molecule has 3 rings (SSSR count). The Labute approximate surface area is 133 Å². The van der Waals surface area contributed by atoms with Gasteiger partial charge in [0.2, 0.25) is 11.8 Å². The van der Waals surface area contributed by atoms with Gasteiger partial charge in [-0.2, -0.15) is 5.21 Å². The largest absolute Gasteiger partial charge is 0.353 e. The van der Waals surface area contributed by atoms with E-state index in [1.54, 1.807) is 0 Å². The lowest BCUT2D eigenvalue weighted by Crippen LogP contribution is -2.37. The Hall–Kier alpha value is -1.77. The van der Waals surface area contributed by atoms with E-state index in [0.717, 1.165) is 25.3 Å². The first kappa shape index (κ1) is 16.1. The number of hydrogen-bond donors (Lipinski definition) is 4. The maximum atomic E-state index is 11.2.